The molecule has 50 valence electrons. The van der Waals surface area contributed by atoms with Crippen LogP contribution in [0.25, 0.3) is 0 Å². The summed E-state index contributed by atoms with van der Waals surface area (Å²) in [5.41, 5.74) is 0.00463. The molecule has 0 saturated carbocycles. The number of fused-ring (bicyclic) bond motifs is 2. The zero-order valence-electron chi connectivity index (χ0n) is 5.39. The molecule has 2 bridgehead atoms. The number of rotatable bonds is 1. The summed E-state index contributed by atoms with van der Waals surface area (Å²) in [5.74, 6) is 0. The van der Waals surface area contributed by atoms with Gasteiger partial charge in [0.1, 0.15) is 0 Å². The summed E-state index contributed by atoms with van der Waals surface area (Å²) in [5, 5.41) is 3.35. The van der Waals surface area contributed by atoms with Gasteiger partial charge in [-0.25, -0.2) is 0 Å². The number of hydrogen-bond acceptors (Lipinski definition) is 2. The molecule has 2 heterocycles. The van der Waals surface area contributed by atoms with Gasteiger partial charge in [-0.3, -0.25) is 0 Å². The lowest BCUT2D eigenvalue weighted by Gasteiger charge is -2.21. The van der Waals surface area contributed by atoms with Crippen LogP contribution in [0.5, 0.6) is 0 Å². The van der Waals surface area contributed by atoms with Gasteiger partial charge in [0.15, 0.2) is 0 Å². The van der Waals surface area contributed by atoms with Gasteiger partial charge in [-0.2, -0.15) is 0 Å². The van der Waals surface area contributed by atoms with E-state index in [-0.39, 0.29) is 5.60 Å². The third kappa shape index (κ3) is 0.635. The lowest BCUT2D eigenvalue weighted by Crippen LogP contribution is -2.37. The van der Waals surface area contributed by atoms with Crippen molar-refractivity contribution in [2.45, 2.75) is 18.1 Å². The van der Waals surface area contributed by atoms with Crippen molar-refractivity contribution in [3.63, 3.8) is 0 Å². The van der Waals surface area contributed by atoms with Crippen LogP contribution in [0.3, 0.4) is 0 Å². The lowest BCUT2D eigenvalue weighted by molar-refractivity contribution is 0.0316. The molecule has 1 N–H and O–H groups in total. The van der Waals surface area contributed by atoms with Crippen LogP contribution in [-0.4, -0.2) is 24.8 Å². The smallest absolute Gasteiger partial charge is 0.1000 e. The lowest BCUT2D eigenvalue weighted by atomic mass is 10.0. The first-order chi connectivity index (χ1) is 4.35. The Bertz CT molecular complexity index is 136. The normalized spacial score (nSPS) is 47.8. The molecule has 0 aromatic carbocycles. The summed E-state index contributed by atoms with van der Waals surface area (Å²) >= 11 is 0. The molecular formula is C7H11NO. The van der Waals surface area contributed by atoms with Gasteiger partial charge in [0.05, 0.1) is 12.2 Å². The number of morpholine rings is 1. The van der Waals surface area contributed by atoms with E-state index in [1.807, 2.05) is 6.08 Å². The van der Waals surface area contributed by atoms with E-state index in [0.717, 1.165) is 19.6 Å². The standard InChI is InChI=1S/C7H11NO/c1-2-7-3-6(4-9-7)8-5-7/h2,6,8H,1,3-5H2. The van der Waals surface area contributed by atoms with Crippen molar-refractivity contribution in [3.8, 4) is 0 Å². The first-order valence-electron chi connectivity index (χ1n) is 3.36. The van der Waals surface area contributed by atoms with E-state index >= 15 is 0 Å². The highest BCUT2D eigenvalue weighted by atomic mass is 16.5. The van der Waals surface area contributed by atoms with Crippen LogP contribution < -0.4 is 5.32 Å². The Morgan fingerprint density at radius 1 is 1.78 bits per heavy atom. The zero-order chi connectivity index (χ0) is 6.32. The van der Waals surface area contributed by atoms with Crippen molar-refractivity contribution in [2.24, 2.45) is 0 Å². The molecule has 0 aliphatic carbocycles. The predicted octanol–water partition coefficient (Wildman–Crippen LogP) is 0.303. The van der Waals surface area contributed by atoms with E-state index in [4.69, 9.17) is 4.74 Å². The van der Waals surface area contributed by atoms with Crippen LogP contribution in [0.15, 0.2) is 12.7 Å². The van der Waals surface area contributed by atoms with Crippen LogP contribution >= 0.6 is 0 Å². The van der Waals surface area contributed by atoms with Gasteiger partial charge in [0.25, 0.3) is 0 Å². The molecule has 0 amide bonds. The number of hydrogen-bond donors (Lipinski definition) is 1. The minimum atomic E-state index is 0.00463. The van der Waals surface area contributed by atoms with Gasteiger partial charge < -0.3 is 10.1 Å². The van der Waals surface area contributed by atoms with E-state index < -0.39 is 0 Å². The Labute approximate surface area is 54.9 Å². The van der Waals surface area contributed by atoms with Gasteiger partial charge in [-0.1, -0.05) is 6.08 Å². The third-order valence-corrected chi connectivity index (χ3v) is 2.23. The highest BCUT2D eigenvalue weighted by molar-refractivity contribution is 5.10. The maximum absolute atomic E-state index is 5.51. The first kappa shape index (κ1) is 5.45. The third-order valence-electron chi connectivity index (χ3n) is 2.23. The van der Waals surface area contributed by atoms with Crippen LogP contribution in [0.4, 0.5) is 0 Å². The minimum absolute atomic E-state index is 0.00463. The van der Waals surface area contributed by atoms with Crippen molar-refractivity contribution in [1.82, 2.24) is 5.32 Å². The van der Waals surface area contributed by atoms with E-state index in [2.05, 4.69) is 11.9 Å². The Kier molecular flexibility index (Phi) is 0.957. The minimum Gasteiger partial charge on any atom is -0.368 e. The molecule has 0 aromatic heterocycles. The summed E-state index contributed by atoms with van der Waals surface area (Å²) in [6.07, 6.45) is 3.05. The van der Waals surface area contributed by atoms with E-state index in [1.54, 1.807) is 0 Å². The van der Waals surface area contributed by atoms with Crippen molar-refractivity contribution in [3.05, 3.63) is 12.7 Å². The Morgan fingerprint density at radius 2 is 2.67 bits per heavy atom. The first-order valence-corrected chi connectivity index (χ1v) is 3.36. The molecule has 2 aliphatic rings. The van der Waals surface area contributed by atoms with Crippen molar-refractivity contribution in [1.29, 1.82) is 0 Å². The summed E-state index contributed by atoms with van der Waals surface area (Å²) in [4.78, 5) is 0. The summed E-state index contributed by atoms with van der Waals surface area (Å²) in [6.45, 7) is 5.57. The average Bonchev–Trinajstić information content (AvgIpc) is 2.46. The predicted molar refractivity (Wildman–Crippen MR) is 35.3 cm³/mol. The fourth-order valence-electron chi connectivity index (χ4n) is 1.59. The van der Waals surface area contributed by atoms with Crippen LogP contribution in [0.2, 0.25) is 0 Å². The van der Waals surface area contributed by atoms with E-state index in [0.29, 0.717) is 6.04 Å². The largest absolute Gasteiger partial charge is 0.368 e. The molecule has 0 spiro atoms. The maximum atomic E-state index is 5.51. The summed E-state index contributed by atoms with van der Waals surface area (Å²) in [6, 6.07) is 0.600. The molecule has 2 unspecified atom stereocenters. The maximum Gasteiger partial charge on any atom is 0.1000 e. The Morgan fingerprint density at radius 3 is 2.89 bits per heavy atom. The second-order valence-corrected chi connectivity index (χ2v) is 2.86. The molecule has 0 aromatic rings. The molecule has 2 nitrogen and oxygen atoms in total. The molecule has 2 rings (SSSR count). The van der Waals surface area contributed by atoms with E-state index in [9.17, 15) is 0 Å². The molecule has 2 aliphatic heterocycles. The van der Waals surface area contributed by atoms with Gasteiger partial charge >= 0.3 is 0 Å². The quantitative estimate of drug-likeness (QED) is 0.509. The van der Waals surface area contributed by atoms with Gasteiger partial charge in [-0.15, -0.1) is 6.58 Å². The van der Waals surface area contributed by atoms with Crippen LogP contribution in [-0.2, 0) is 4.74 Å². The van der Waals surface area contributed by atoms with Gasteiger partial charge in [0, 0.05) is 12.6 Å². The fourth-order valence-corrected chi connectivity index (χ4v) is 1.59. The second kappa shape index (κ2) is 1.58. The Balaban J connectivity index is 2.21. The zero-order valence-corrected chi connectivity index (χ0v) is 5.39. The fraction of sp³-hybridized carbons (Fsp3) is 0.714. The monoisotopic (exact) mass is 125 g/mol. The van der Waals surface area contributed by atoms with Crippen molar-refractivity contribution in [2.75, 3.05) is 13.2 Å². The number of nitrogens with one attached hydrogen (secondary N) is 1. The molecule has 2 heteroatoms. The Hall–Kier alpha value is -0.340. The number of ether oxygens (including phenoxy) is 1. The molecule has 0 radical (unpaired) electrons. The van der Waals surface area contributed by atoms with Crippen molar-refractivity contribution < 1.29 is 4.74 Å². The topological polar surface area (TPSA) is 21.3 Å². The molecule has 2 fully saturated rings. The van der Waals surface area contributed by atoms with Crippen LogP contribution in [0.1, 0.15) is 6.42 Å². The van der Waals surface area contributed by atoms with Crippen molar-refractivity contribution >= 4 is 0 Å². The summed E-state index contributed by atoms with van der Waals surface area (Å²) < 4.78 is 5.51. The molecule has 2 saturated heterocycles. The molecule has 9 heavy (non-hydrogen) atoms. The highest BCUT2D eigenvalue weighted by Gasteiger charge is 2.43. The average molecular weight is 125 g/mol. The molecule has 2 atom stereocenters. The van der Waals surface area contributed by atoms with Gasteiger partial charge in [-0.05, 0) is 6.42 Å². The van der Waals surface area contributed by atoms with Crippen LogP contribution in [0, 0.1) is 0 Å². The van der Waals surface area contributed by atoms with E-state index in [1.165, 1.54) is 0 Å². The summed E-state index contributed by atoms with van der Waals surface area (Å²) in [7, 11) is 0. The SMILES string of the molecule is C=CC12CNC(CO1)C2. The molecular weight excluding hydrogens is 114 g/mol. The van der Waals surface area contributed by atoms with Gasteiger partial charge in [0.2, 0.25) is 0 Å². The highest BCUT2D eigenvalue weighted by Crippen LogP contribution is 2.31. The second-order valence-electron chi connectivity index (χ2n) is 2.86.